The van der Waals surface area contributed by atoms with Gasteiger partial charge in [-0.2, -0.15) is 8.78 Å². The molecule has 0 saturated heterocycles. The molecule has 1 rings (SSSR count). The van der Waals surface area contributed by atoms with Crippen LogP contribution >= 0.6 is 27.5 Å². The summed E-state index contributed by atoms with van der Waals surface area (Å²) in [6.45, 7) is -1.15. The minimum absolute atomic E-state index is 0.0170. The molecule has 0 amide bonds. The van der Waals surface area contributed by atoms with Gasteiger partial charge >= 0.3 is 6.61 Å². The number of ether oxygens (including phenoxy) is 1. The molecule has 0 aliphatic heterocycles. The van der Waals surface area contributed by atoms with Gasteiger partial charge in [0, 0.05) is 0 Å². The summed E-state index contributed by atoms with van der Waals surface area (Å²) in [5.41, 5.74) is 0.695. The zero-order valence-electron chi connectivity index (χ0n) is 6.65. The molecule has 0 fully saturated rings. The van der Waals surface area contributed by atoms with Crippen molar-refractivity contribution in [2.45, 2.75) is 13.5 Å². The first-order valence-electron chi connectivity index (χ1n) is 3.41. The number of benzene rings is 1. The SMILES string of the molecule is Cc1ccc(Br)c(OC(F)F)c1Cl. The second kappa shape index (κ2) is 4.24. The topological polar surface area (TPSA) is 9.23 Å². The van der Waals surface area contributed by atoms with Crippen LogP contribution < -0.4 is 4.74 Å². The molecule has 5 heteroatoms. The Labute approximate surface area is 87.8 Å². The molecule has 1 aromatic carbocycles. The summed E-state index contributed by atoms with van der Waals surface area (Å²) in [6, 6.07) is 3.32. The predicted octanol–water partition coefficient (Wildman–Crippen LogP) is 4.01. The Morgan fingerprint density at radius 2 is 2.08 bits per heavy atom. The third kappa shape index (κ3) is 2.54. The van der Waals surface area contributed by atoms with Crippen LogP contribution in [0.4, 0.5) is 8.78 Å². The third-order valence-corrected chi connectivity index (χ3v) is 2.54. The van der Waals surface area contributed by atoms with Crippen molar-refractivity contribution in [3.05, 3.63) is 27.2 Å². The second-order valence-electron chi connectivity index (χ2n) is 2.39. The van der Waals surface area contributed by atoms with Gasteiger partial charge in [0.15, 0.2) is 5.75 Å². The maximum absolute atomic E-state index is 11.9. The Bertz CT molecular complexity index is 317. The van der Waals surface area contributed by atoms with Gasteiger partial charge in [0.2, 0.25) is 0 Å². The van der Waals surface area contributed by atoms with Crippen molar-refractivity contribution < 1.29 is 13.5 Å². The van der Waals surface area contributed by atoms with E-state index in [1.807, 2.05) is 0 Å². The van der Waals surface area contributed by atoms with Crippen LogP contribution in [0.1, 0.15) is 5.56 Å². The highest BCUT2D eigenvalue weighted by Crippen LogP contribution is 2.36. The first-order valence-corrected chi connectivity index (χ1v) is 4.59. The molecule has 0 bridgehead atoms. The van der Waals surface area contributed by atoms with Crippen LogP contribution in [0.2, 0.25) is 5.02 Å². The van der Waals surface area contributed by atoms with Gasteiger partial charge < -0.3 is 4.74 Å². The highest BCUT2D eigenvalue weighted by Gasteiger charge is 2.13. The van der Waals surface area contributed by atoms with E-state index in [-0.39, 0.29) is 10.8 Å². The number of hydrogen-bond acceptors (Lipinski definition) is 1. The van der Waals surface area contributed by atoms with Crippen molar-refractivity contribution in [2.24, 2.45) is 0 Å². The van der Waals surface area contributed by atoms with Crippen LogP contribution in [0.3, 0.4) is 0 Å². The fourth-order valence-corrected chi connectivity index (χ4v) is 1.58. The highest BCUT2D eigenvalue weighted by atomic mass is 79.9. The van der Waals surface area contributed by atoms with E-state index in [0.717, 1.165) is 0 Å². The first kappa shape index (κ1) is 10.7. The van der Waals surface area contributed by atoms with Crippen LogP contribution in [0.25, 0.3) is 0 Å². The Hall–Kier alpha value is -0.350. The van der Waals surface area contributed by atoms with Crippen LogP contribution in [0, 0.1) is 6.92 Å². The fraction of sp³-hybridized carbons (Fsp3) is 0.250. The van der Waals surface area contributed by atoms with Crippen LogP contribution in [-0.4, -0.2) is 6.61 Å². The summed E-state index contributed by atoms with van der Waals surface area (Å²) in [5.74, 6) is -0.0170. The molecule has 1 nitrogen and oxygen atoms in total. The molecule has 0 saturated carbocycles. The molecule has 0 aliphatic carbocycles. The average molecular weight is 271 g/mol. The standard InChI is InChI=1S/C8H6BrClF2O/c1-4-2-3-5(9)7(6(4)10)13-8(11)12/h2-3,8H,1H3. The molecule has 72 valence electrons. The lowest BCUT2D eigenvalue weighted by Crippen LogP contribution is -2.03. The average Bonchev–Trinajstić information content (AvgIpc) is 2.05. The van der Waals surface area contributed by atoms with Gasteiger partial charge in [0.25, 0.3) is 0 Å². The maximum Gasteiger partial charge on any atom is 0.387 e. The van der Waals surface area contributed by atoms with Crippen molar-refractivity contribution >= 4 is 27.5 Å². The van der Waals surface area contributed by atoms with Crippen LogP contribution in [-0.2, 0) is 0 Å². The van der Waals surface area contributed by atoms with Crippen LogP contribution in [0.5, 0.6) is 5.75 Å². The molecule has 0 atom stereocenters. The molecule has 0 aliphatic rings. The molecular weight excluding hydrogens is 265 g/mol. The third-order valence-electron chi connectivity index (χ3n) is 1.45. The molecule has 0 spiro atoms. The fourth-order valence-electron chi connectivity index (χ4n) is 0.828. The van der Waals surface area contributed by atoms with E-state index in [1.54, 1.807) is 19.1 Å². The summed E-state index contributed by atoms with van der Waals surface area (Å²) in [5, 5.41) is 0.203. The van der Waals surface area contributed by atoms with Gasteiger partial charge in [-0.05, 0) is 34.5 Å². The van der Waals surface area contributed by atoms with Gasteiger partial charge in [-0.1, -0.05) is 17.7 Å². The smallest absolute Gasteiger partial charge is 0.387 e. The Balaban J connectivity index is 3.10. The minimum atomic E-state index is -2.87. The van der Waals surface area contributed by atoms with Crippen molar-refractivity contribution in [3.63, 3.8) is 0 Å². The van der Waals surface area contributed by atoms with Gasteiger partial charge in [0.05, 0.1) is 9.50 Å². The minimum Gasteiger partial charge on any atom is -0.432 e. The zero-order valence-corrected chi connectivity index (χ0v) is 8.99. The van der Waals surface area contributed by atoms with Crippen LogP contribution in [0.15, 0.2) is 16.6 Å². The predicted molar refractivity (Wildman–Crippen MR) is 50.5 cm³/mol. The van der Waals surface area contributed by atoms with Gasteiger partial charge in [-0.25, -0.2) is 0 Å². The largest absolute Gasteiger partial charge is 0.432 e. The normalized spacial score (nSPS) is 10.6. The maximum atomic E-state index is 11.9. The first-order chi connectivity index (χ1) is 6.02. The summed E-state index contributed by atoms with van der Waals surface area (Å²) in [4.78, 5) is 0. The summed E-state index contributed by atoms with van der Waals surface area (Å²) >= 11 is 8.82. The van der Waals surface area contributed by atoms with Gasteiger partial charge in [0.1, 0.15) is 0 Å². The van der Waals surface area contributed by atoms with E-state index < -0.39 is 6.61 Å². The van der Waals surface area contributed by atoms with Gasteiger partial charge in [-0.3, -0.25) is 0 Å². The molecule has 0 aromatic heterocycles. The number of alkyl halides is 2. The Morgan fingerprint density at radius 1 is 1.46 bits per heavy atom. The number of hydrogen-bond donors (Lipinski definition) is 0. The van der Waals surface area contributed by atoms with E-state index >= 15 is 0 Å². The lowest BCUT2D eigenvalue weighted by molar-refractivity contribution is -0.0503. The monoisotopic (exact) mass is 270 g/mol. The Morgan fingerprint density at radius 3 is 2.62 bits per heavy atom. The van der Waals surface area contributed by atoms with E-state index in [2.05, 4.69) is 20.7 Å². The van der Waals surface area contributed by atoms with E-state index in [9.17, 15) is 8.78 Å². The molecule has 0 radical (unpaired) electrons. The van der Waals surface area contributed by atoms with Gasteiger partial charge in [-0.15, -0.1) is 0 Å². The number of halogens is 4. The second-order valence-corrected chi connectivity index (χ2v) is 3.62. The van der Waals surface area contributed by atoms with Crippen molar-refractivity contribution in [1.29, 1.82) is 0 Å². The highest BCUT2D eigenvalue weighted by molar-refractivity contribution is 9.10. The number of rotatable bonds is 2. The molecule has 0 N–H and O–H groups in total. The van der Waals surface area contributed by atoms with Crippen molar-refractivity contribution in [1.82, 2.24) is 0 Å². The summed E-state index contributed by atoms with van der Waals surface area (Å²) < 4.78 is 28.5. The Kier molecular flexibility index (Phi) is 3.50. The summed E-state index contributed by atoms with van der Waals surface area (Å²) in [6.07, 6.45) is 0. The lowest BCUT2D eigenvalue weighted by Gasteiger charge is -2.09. The molecular formula is C8H6BrClF2O. The van der Waals surface area contributed by atoms with Crippen molar-refractivity contribution in [2.75, 3.05) is 0 Å². The van der Waals surface area contributed by atoms with E-state index in [1.165, 1.54) is 0 Å². The van der Waals surface area contributed by atoms with E-state index in [0.29, 0.717) is 10.0 Å². The summed E-state index contributed by atoms with van der Waals surface area (Å²) in [7, 11) is 0. The van der Waals surface area contributed by atoms with Crippen molar-refractivity contribution in [3.8, 4) is 5.75 Å². The number of aryl methyl sites for hydroxylation is 1. The zero-order chi connectivity index (χ0) is 10.0. The van der Waals surface area contributed by atoms with E-state index in [4.69, 9.17) is 11.6 Å². The molecule has 13 heavy (non-hydrogen) atoms. The molecule has 0 heterocycles. The lowest BCUT2D eigenvalue weighted by atomic mass is 10.2. The molecule has 1 aromatic rings. The quantitative estimate of drug-likeness (QED) is 0.789. The molecule has 0 unspecified atom stereocenters.